The molecule has 0 aliphatic heterocycles. The number of hydrogen-bond donors (Lipinski definition) is 0. The van der Waals surface area contributed by atoms with Gasteiger partial charge in [0.1, 0.15) is 0 Å². The van der Waals surface area contributed by atoms with Gasteiger partial charge in [0.2, 0.25) is 0 Å². The molecule has 4 aromatic rings. The van der Waals surface area contributed by atoms with E-state index in [1.165, 1.54) is 16.2 Å². The van der Waals surface area contributed by atoms with Crippen molar-refractivity contribution in [3.63, 3.8) is 0 Å². The molecule has 0 aromatic heterocycles. The summed E-state index contributed by atoms with van der Waals surface area (Å²) in [6.07, 6.45) is 3.57. The summed E-state index contributed by atoms with van der Waals surface area (Å²) in [6, 6.07) is 26.2. The van der Waals surface area contributed by atoms with Crippen LogP contribution in [0.3, 0.4) is 0 Å². The van der Waals surface area contributed by atoms with Crippen LogP contribution in [0, 0.1) is 0 Å². The third-order valence-corrected chi connectivity index (χ3v) is 4.87. The van der Waals surface area contributed by atoms with Crippen molar-refractivity contribution in [1.29, 1.82) is 0 Å². The van der Waals surface area contributed by atoms with Crippen LogP contribution in [0.5, 0.6) is 0 Å². The monoisotopic (exact) mass is 386 g/mol. The second kappa shape index (κ2) is 6.66. The molecule has 0 aliphatic carbocycles. The summed E-state index contributed by atoms with van der Waals surface area (Å²) in [5, 5.41) is 4.77. The van der Waals surface area contributed by atoms with Crippen LogP contribution in [0.25, 0.3) is 27.6 Å². The fourth-order valence-electron chi connectivity index (χ4n) is 3.10. The van der Waals surface area contributed by atoms with E-state index in [2.05, 4.69) is 58.4 Å². The molecular weight excluding hydrogens is 372 g/mol. The second-order valence-corrected chi connectivity index (χ2v) is 6.85. The molecule has 25 heavy (non-hydrogen) atoms. The van der Waals surface area contributed by atoms with Crippen LogP contribution in [0.4, 0.5) is 0 Å². The molecule has 0 N–H and O–H groups in total. The van der Waals surface area contributed by atoms with Crippen molar-refractivity contribution in [2.45, 2.75) is 0 Å². The lowest BCUT2D eigenvalue weighted by Crippen LogP contribution is -1.93. The van der Waals surface area contributed by atoms with E-state index >= 15 is 0 Å². The summed E-state index contributed by atoms with van der Waals surface area (Å²) < 4.78 is 0.966. The first-order chi connectivity index (χ1) is 12.2. The first kappa shape index (κ1) is 15.8. The lowest BCUT2D eigenvalue weighted by Gasteiger charge is -2.07. The van der Waals surface area contributed by atoms with Gasteiger partial charge in [-0.2, -0.15) is 0 Å². The van der Waals surface area contributed by atoms with Crippen molar-refractivity contribution in [1.82, 2.24) is 0 Å². The predicted octanol–water partition coefficient (Wildman–Crippen LogP) is 6.65. The van der Waals surface area contributed by atoms with Crippen molar-refractivity contribution >= 4 is 49.3 Å². The number of rotatable bonds is 3. The summed E-state index contributed by atoms with van der Waals surface area (Å²) in [6.45, 7) is 0. The normalized spacial score (nSPS) is 11.4. The first-order valence-corrected chi connectivity index (χ1v) is 8.90. The summed E-state index contributed by atoms with van der Waals surface area (Å²) in [5.74, 6) is 0.00439. The predicted molar refractivity (Wildman–Crippen MR) is 109 cm³/mol. The lowest BCUT2D eigenvalue weighted by molar-refractivity contribution is 0.104. The van der Waals surface area contributed by atoms with Crippen molar-refractivity contribution < 1.29 is 4.79 Å². The smallest absolute Gasteiger partial charge is 0.185 e. The van der Waals surface area contributed by atoms with Gasteiger partial charge in [0.05, 0.1) is 0 Å². The Bertz CT molecular complexity index is 1110. The molecular formula is C23H15BrO. The van der Waals surface area contributed by atoms with Crippen LogP contribution >= 0.6 is 15.9 Å². The van der Waals surface area contributed by atoms with Gasteiger partial charge >= 0.3 is 0 Å². The molecule has 2 heteroatoms. The van der Waals surface area contributed by atoms with E-state index in [4.69, 9.17) is 0 Å². The molecule has 0 aliphatic rings. The van der Waals surface area contributed by atoms with E-state index in [0.29, 0.717) is 5.56 Å². The van der Waals surface area contributed by atoms with Gasteiger partial charge < -0.3 is 0 Å². The number of allylic oxidation sites excluding steroid dienone is 1. The van der Waals surface area contributed by atoms with Crippen molar-refractivity contribution in [3.05, 3.63) is 101 Å². The zero-order valence-corrected chi connectivity index (χ0v) is 15.0. The number of benzene rings is 4. The van der Waals surface area contributed by atoms with Crippen molar-refractivity contribution in [3.8, 4) is 0 Å². The number of ketones is 1. The largest absolute Gasteiger partial charge is 0.289 e. The van der Waals surface area contributed by atoms with E-state index in [1.54, 1.807) is 6.08 Å². The molecule has 0 spiro atoms. The summed E-state index contributed by atoms with van der Waals surface area (Å²) >= 11 is 3.39. The molecule has 0 unspecified atom stereocenters. The maximum Gasteiger partial charge on any atom is 0.185 e. The Hall–Kier alpha value is -2.71. The number of carbonyl (C=O) groups is 1. The van der Waals surface area contributed by atoms with Crippen molar-refractivity contribution in [2.24, 2.45) is 0 Å². The first-order valence-electron chi connectivity index (χ1n) is 8.11. The average Bonchev–Trinajstić information content (AvgIpc) is 2.66. The highest BCUT2D eigenvalue weighted by Crippen LogP contribution is 2.29. The van der Waals surface area contributed by atoms with Crippen molar-refractivity contribution in [2.75, 3.05) is 0 Å². The van der Waals surface area contributed by atoms with Crippen LogP contribution in [0.2, 0.25) is 0 Å². The zero-order valence-electron chi connectivity index (χ0n) is 13.4. The van der Waals surface area contributed by atoms with Crippen LogP contribution in [0.15, 0.2) is 89.4 Å². The zero-order chi connectivity index (χ0) is 17.2. The molecule has 0 amide bonds. The van der Waals surface area contributed by atoms with Crippen LogP contribution in [-0.4, -0.2) is 5.78 Å². The molecule has 4 aromatic carbocycles. The van der Waals surface area contributed by atoms with Crippen LogP contribution < -0.4 is 0 Å². The van der Waals surface area contributed by atoms with Gasteiger partial charge in [-0.1, -0.05) is 70.5 Å². The van der Waals surface area contributed by atoms with E-state index < -0.39 is 0 Å². The molecule has 120 valence electrons. The summed E-state index contributed by atoms with van der Waals surface area (Å²) in [7, 11) is 0. The van der Waals surface area contributed by atoms with Gasteiger partial charge in [0.25, 0.3) is 0 Å². The van der Waals surface area contributed by atoms with E-state index in [0.717, 1.165) is 15.4 Å². The molecule has 0 radical (unpaired) electrons. The Morgan fingerprint density at radius 3 is 2.16 bits per heavy atom. The Labute approximate surface area is 154 Å². The Balaban J connectivity index is 1.80. The topological polar surface area (TPSA) is 17.1 Å². The fraction of sp³-hybridized carbons (Fsp3) is 0. The highest BCUT2D eigenvalue weighted by Gasteiger charge is 2.05. The molecule has 4 rings (SSSR count). The van der Waals surface area contributed by atoms with E-state index in [1.807, 2.05) is 42.5 Å². The highest BCUT2D eigenvalue weighted by atomic mass is 79.9. The number of hydrogen-bond acceptors (Lipinski definition) is 1. The van der Waals surface area contributed by atoms with Gasteiger partial charge in [-0.25, -0.2) is 0 Å². The summed E-state index contributed by atoms with van der Waals surface area (Å²) in [5.41, 5.74) is 1.74. The minimum atomic E-state index is 0.00439. The molecule has 0 saturated carbocycles. The SMILES string of the molecule is O=C(C=Cc1cc2ccccc2c2ccccc12)c1ccc(Br)cc1. The molecule has 0 saturated heterocycles. The van der Waals surface area contributed by atoms with Crippen LogP contribution in [0.1, 0.15) is 15.9 Å². The fourth-order valence-corrected chi connectivity index (χ4v) is 3.36. The van der Waals surface area contributed by atoms with E-state index in [-0.39, 0.29) is 5.78 Å². The Morgan fingerprint density at radius 1 is 0.760 bits per heavy atom. The van der Waals surface area contributed by atoms with Gasteiger partial charge in [-0.3, -0.25) is 4.79 Å². The van der Waals surface area contributed by atoms with Crippen LogP contribution in [-0.2, 0) is 0 Å². The molecule has 0 heterocycles. The Kier molecular flexibility index (Phi) is 4.21. The maximum absolute atomic E-state index is 12.4. The molecule has 0 atom stereocenters. The minimum absolute atomic E-state index is 0.00439. The molecule has 0 bridgehead atoms. The third kappa shape index (κ3) is 3.13. The lowest BCUT2D eigenvalue weighted by atomic mass is 9.96. The van der Waals surface area contributed by atoms with Gasteiger partial charge in [0.15, 0.2) is 5.78 Å². The van der Waals surface area contributed by atoms with Gasteiger partial charge in [0, 0.05) is 10.0 Å². The molecule has 1 nitrogen and oxygen atoms in total. The maximum atomic E-state index is 12.4. The second-order valence-electron chi connectivity index (χ2n) is 5.94. The van der Waals surface area contributed by atoms with Gasteiger partial charge in [-0.05, 0) is 63.5 Å². The highest BCUT2D eigenvalue weighted by molar-refractivity contribution is 9.10. The van der Waals surface area contributed by atoms with Gasteiger partial charge in [-0.15, -0.1) is 0 Å². The molecule has 0 fully saturated rings. The quantitative estimate of drug-likeness (QED) is 0.218. The number of halogens is 1. The number of fused-ring (bicyclic) bond motifs is 3. The number of carbonyl (C=O) groups excluding carboxylic acids is 1. The minimum Gasteiger partial charge on any atom is -0.289 e. The Morgan fingerprint density at radius 2 is 1.40 bits per heavy atom. The third-order valence-electron chi connectivity index (χ3n) is 4.34. The average molecular weight is 387 g/mol. The summed E-state index contributed by atoms with van der Waals surface area (Å²) in [4.78, 5) is 12.4. The van der Waals surface area contributed by atoms with E-state index in [9.17, 15) is 4.79 Å². The standard InChI is InChI=1S/C23H15BrO/c24-19-12-9-16(10-13-19)23(25)14-11-18-15-17-5-1-2-6-20(17)22-8-4-3-7-21(18)22/h1-15H.